The largest absolute Gasteiger partial charge is 0.477 e. The Morgan fingerprint density at radius 1 is 0.852 bits per heavy atom. The first-order valence-electron chi connectivity index (χ1n) is 18.1. The Hall–Kier alpha value is -2.14. The van der Waals surface area contributed by atoms with E-state index < -0.39 is 136 Å². The molecule has 3 saturated heterocycles. The number of unbranched alkanes of at least 4 members (excludes halogenated alkanes) is 7. The van der Waals surface area contributed by atoms with Crippen molar-refractivity contribution in [1.29, 1.82) is 0 Å². The number of hydrogen-bond donors (Lipinski definition) is 12. The molecule has 0 bridgehead atoms. The van der Waals surface area contributed by atoms with Gasteiger partial charge in [0.25, 0.3) is 5.79 Å². The minimum absolute atomic E-state index is 0.166. The Morgan fingerprint density at radius 3 is 2.04 bits per heavy atom. The van der Waals surface area contributed by atoms with Gasteiger partial charge in [-0.15, -0.1) is 12.3 Å². The van der Waals surface area contributed by atoms with E-state index in [2.05, 4.69) is 11.2 Å². The highest BCUT2D eigenvalue weighted by molar-refractivity contribution is 5.76. The van der Waals surface area contributed by atoms with Gasteiger partial charge in [-0.3, -0.25) is 4.79 Å². The third kappa shape index (κ3) is 11.7. The van der Waals surface area contributed by atoms with E-state index in [4.69, 9.17) is 34.8 Å². The minimum Gasteiger partial charge on any atom is -0.477 e. The van der Waals surface area contributed by atoms with Crippen LogP contribution in [0, 0.1) is 12.3 Å². The van der Waals surface area contributed by atoms with Gasteiger partial charge in [0.2, 0.25) is 5.91 Å². The molecule has 20 nitrogen and oxygen atoms in total. The monoisotopic (exact) mass is 783 g/mol. The van der Waals surface area contributed by atoms with E-state index in [-0.39, 0.29) is 6.61 Å². The molecule has 0 spiro atoms. The van der Waals surface area contributed by atoms with Gasteiger partial charge in [0.1, 0.15) is 67.1 Å². The van der Waals surface area contributed by atoms with Crippen molar-refractivity contribution in [2.75, 3.05) is 26.4 Å². The number of ether oxygens (including phenoxy) is 6. The maximum absolute atomic E-state index is 12.7. The molecule has 3 rings (SSSR count). The van der Waals surface area contributed by atoms with Crippen LogP contribution in [-0.2, 0) is 38.0 Å². The molecule has 3 aliphatic heterocycles. The van der Waals surface area contributed by atoms with E-state index >= 15 is 0 Å². The number of terminal acetylenes is 1. The molecule has 312 valence electrons. The van der Waals surface area contributed by atoms with Gasteiger partial charge in [0.05, 0.1) is 32.0 Å². The van der Waals surface area contributed by atoms with Gasteiger partial charge in [-0.25, -0.2) is 4.79 Å². The molecule has 0 aromatic heterocycles. The summed E-state index contributed by atoms with van der Waals surface area (Å²) in [5.74, 6) is -3.11. The molecule has 3 fully saturated rings. The third-order valence-electron chi connectivity index (χ3n) is 9.69. The maximum atomic E-state index is 12.7. The summed E-state index contributed by atoms with van der Waals surface area (Å²) in [6.45, 7) is -1.56. The van der Waals surface area contributed by atoms with Crippen molar-refractivity contribution in [1.82, 2.24) is 5.32 Å². The van der Waals surface area contributed by atoms with Crippen LogP contribution in [0.25, 0.3) is 0 Å². The van der Waals surface area contributed by atoms with Crippen molar-refractivity contribution in [2.45, 2.75) is 162 Å². The van der Waals surface area contributed by atoms with Gasteiger partial charge in [-0.05, 0) is 12.8 Å². The quantitative estimate of drug-likeness (QED) is 0.0386. The molecule has 0 unspecified atom stereocenters. The summed E-state index contributed by atoms with van der Waals surface area (Å²) in [5.41, 5.74) is 0. The Balaban J connectivity index is 1.73. The van der Waals surface area contributed by atoms with Crippen LogP contribution in [0.2, 0.25) is 0 Å². The van der Waals surface area contributed by atoms with Gasteiger partial charge in [-0.1, -0.05) is 32.1 Å². The van der Waals surface area contributed by atoms with Crippen LogP contribution in [-0.4, -0.2) is 192 Å². The summed E-state index contributed by atoms with van der Waals surface area (Å²) < 4.78 is 33.8. The van der Waals surface area contributed by atoms with Crippen LogP contribution in [0.15, 0.2) is 0 Å². The van der Waals surface area contributed by atoms with E-state index in [1.807, 2.05) is 0 Å². The zero-order valence-corrected chi connectivity index (χ0v) is 30.1. The predicted molar refractivity (Wildman–Crippen MR) is 180 cm³/mol. The van der Waals surface area contributed by atoms with Crippen molar-refractivity contribution in [3.05, 3.63) is 0 Å². The van der Waals surface area contributed by atoms with Crippen molar-refractivity contribution in [3.63, 3.8) is 0 Å². The SMILES string of the molecule is C#CCCCCCCCCCO[C@@H]1O[C@H](CO)[C@@H](O[C@@H]2O[C@H](CO)[C@H](O)[C@H](O[C@]3(C(=O)O)C[C@H](O)[C@@H](NC(C)=O)[C@H]([C@H](O)[C@H](O)CO)O3)[C@H]2O)[C@H](O)[C@H]1O. The maximum Gasteiger partial charge on any atom is 0.364 e. The lowest BCUT2D eigenvalue weighted by Gasteiger charge is -2.50. The third-order valence-corrected chi connectivity index (χ3v) is 9.69. The molecule has 16 atom stereocenters. The van der Waals surface area contributed by atoms with E-state index in [1.165, 1.54) is 0 Å². The molecule has 0 aromatic rings. The van der Waals surface area contributed by atoms with Crippen LogP contribution in [0.5, 0.6) is 0 Å². The van der Waals surface area contributed by atoms with E-state index in [1.54, 1.807) is 0 Å². The number of carboxylic acids is 1. The van der Waals surface area contributed by atoms with Gasteiger partial charge >= 0.3 is 5.97 Å². The lowest BCUT2D eigenvalue weighted by atomic mass is 9.88. The summed E-state index contributed by atoms with van der Waals surface area (Å²) >= 11 is 0. The molecule has 0 radical (unpaired) electrons. The van der Waals surface area contributed by atoms with E-state index in [9.17, 15) is 65.8 Å². The highest BCUT2D eigenvalue weighted by Crippen LogP contribution is 2.38. The van der Waals surface area contributed by atoms with Gasteiger partial charge in [-0.2, -0.15) is 0 Å². The first kappa shape index (κ1) is 46.2. The van der Waals surface area contributed by atoms with E-state index in [0.29, 0.717) is 6.42 Å². The van der Waals surface area contributed by atoms with Crippen LogP contribution in [0.4, 0.5) is 0 Å². The fraction of sp³-hybridized carbons (Fsp3) is 0.882. The fourth-order valence-electron chi connectivity index (χ4n) is 6.70. The number of amides is 1. The van der Waals surface area contributed by atoms with Crippen molar-refractivity contribution in [2.24, 2.45) is 0 Å². The lowest BCUT2D eigenvalue weighted by molar-refractivity contribution is -0.386. The molecule has 3 heterocycles. The second-order valence-corrected chi connectivity index (χ2v) is 13.8. The van der Waals surface area contributed by atoms with Crippen molar-refractivity contribution < 1.29 is 94.2 Å². The number of carboxylic acid groups (broad SMARTS) is 1. The summed E-state index contributed by atoms with van der Waals surface area (Å²) in [6.07, 6.45) is -14.1. The normalized spacial score (nSPS) is 38.3. The van der Waals surface area contributed by atoms with Crippen molar-refractivity contribution in [3.8, 4) is 12.3 Å². The molecule has 0 saturated carbocycles. The second-order valence-electron chi connectivity index (χ2n) is 13.8. The molecule has 54 heavy (non-hydrogen) atoms. The molecule has 0 aliphatic carbocycles. The number of hydrogen-bond acceptors (Lipinski definition) is 18. The molecular formula is C34H57NO19. The number of nitrogens with one attached hydrogen (secondary N) is 1. The molecule has 0 aromatic carbocycles. The lowest BCUT2D eigenvalue weighted by Crippen LogP contribution is -2.70. The first-order valence-corrected chi connectivity index (χ1v) is 18.1. The summed E-state index contributed by atoms with van der Waals surface area (Å²) in [7, 11) is 0. The Kier molecular flexibility index (Phi) is 18.8. The van der Waals surface area contributed by atoms with Crippen LogP contribution >= 0.6 is 0 Å². The number of carbonyl (C=O) groups is 2. The second kappa shape index (κ2) is 22.0. The summed E-state index contributed by atoms with van der Waals surface area (Å²) in [4.78, 5) is 24.6. The van der Waals surface area contributed by atoms with Crippen LogP contribution in [0.3, 0.4) is 0 Å². The number of carbonyl (C=O) groups excluding carboxylic acids is 1. The number of rotatable bonds is 21. The molecule has 20 heteroatoms. The van der Waals surface area contributed by atoms with Gasteiger partial charge in [0, 0.05) is 26.4 Å². The predicted octanol–water partition coefficient (Wildman–Crippen LogP) is -4.45. The van der Waals surface area contributed by atoms with Gasteiger partial charge in [0.15, 0.2) is 12.6 Å². The highest BCUT2D eigenvalue weighted by atomic mass is 16.8. The summed E-state index contributed by atoms with van der Waals surface area (Å²) in [5, 5.41) is 118. The Morgan fingerprint density at radius 2 is 1.46 bits per heavy atom. The van der Waals surface area contributed by atoms with Crippen LogP contribution in [0.1, 0.15) is 64.7 Å². The standard InChI is InChI=1S/C34H57NO19/c1-3-4-5-6-7-8-9-10-11-12-49-31-26(45)25(44)28(21(16-38)51-31)52-32-27(46)30(24(43)20(15-37)50-32)54-34(33(47)48)13-18(40)22(35-17(2)39)29(53-34)23(42)19(41)14-36/h1,18-32,36-38,40-46H,4-16H2,2H3,(H,35,39)(H,47,48)/t18-,19+,20+,21+,22+,23+,24-,25+,26+,27+,28+,29+,30-,31+,32-,34-/m0/s1. The fourth-order valence-corrected chi connectivity index (χ4v) is 6.70. The van der Waals surface area contributed by atoms with E-state index in [0.717, 1.165) is 51.9 Å². The zero-order chi connectivity index (χ0) is 40.2. The Labute approximate surface area is 312 Å². The molecule has 1 amide bonds. The smallest absolute Gasteiger partial charge is 0.364 e. The minimum atomic E-state index is -3.02. The first-order chi connectivity index (χ1) is 25.7. The average molecular weight is 784 g/mol. The molecule has 3 aliphatic rings. The Bertz CT molecular complexity index is 1190. The van der Waals surface area contributed by atoms with Crippen molar-refractivity contribution >= 4 is 11.9 Å². The number of aliphatic hydroxyl groups excluding tert-OH is 10. The molecule has 12 N–H and O–H groups in total. The molecular weight excluding hydrogens is 726 g/mol. The van der Waals surface area contributed by atoms with Crippen LogP contribution < -0.4 is 5.32 Å². The summed E-state index contributed by atoms with van der Waals surface area (Å²) in [6, 6.07) is -1.54. The highest BCUT2D eigenvalue weighted by Gasteiger charge is 2.60. The topological polar surface area (TPSA) is 324 Å². The average Bonchev–Trinajstić information content (AvgIpc) is 3.14. The zero-order valence-electron chi connectivity index (χ0n) is 30.1. The van der Waals surface area contributed by atoms with Gasteiger partial charge < -0.3 is 89.9 Å². The number of aliphatic hydroxyl groups is 10. The number of aliphatic carboxylic acids is 1.